The van der Waals surface area contributed by atoms with E-state index >= 15 is 0 Å². The van der Waals surface area contributed by atoms with Gasteiger partial charge in [-0.05, 0) is 33.3 Å². The Balaban J connectivity index is 2.65. The summed E-state index contributed by atoms with van der Waals surface area (Å²) in [5.74, 6) is -0.241. The highest BCUT2D eigenvalue weighted by Gasteiger charge is 2.18. The molecule has 1 N–H and O–H groups in total. The molecule has 21 heavy (non-hydrogen) atoms. The van der Waals surface area contributed by atoms with Crippen LogP contribution in [0, 0.1) is 0 Å². The number of rotatable bonds is 4. The summed E-state index contributed by atoms with van der Waals surface area (Å²) in [5, 5.41) is 8.31. The molecule has 0 aliphatic rings. The minimum atomic E-state index is -0.241. The van der Waals surface area contributed by atoms with E-state index in [-0.39, 0.29) is 23.6 Å². The predicted octanol–water partition coefficient (Wildman–Crippen LogP) is 2.51. The van der Waals surface area contributed by atoms with E-state index in [0.717, 1.165) is 6.42 Å². The number of nitrogens with one attached hydrogen (secondary N) is 1. The molecule has 1 unspecified atom stereocenters. The molecule has 1 aromatic heterocycles. The first kappa shape index (κ1) is 15.2. The molecule has 1 atom stereocenters. The highest BCUT2D eigenvalue weighted by Crippen LogP contribution is 2.15. The Labute approximate surface area is 124 Å². The van der Waals surface area contributed by atoms with Gasteiger partial charge < -0.3 is 5.32 Å². The maximum Gasteiger partial charge on any atom is 0.274 e. The normalized spacial score (nSPS) is 12.6. The van der Waals surface area contributed by atoms with Gasteiger partial charge in [-0.15, -0.1) is 0 Å². The van der Waals surface area contributed by atoms with Crippen molar-refractivity contribution in [2.45, 2.75) is 46.2 Å². The monoisotopic (exact) mass is 287 g/mol. The van der Waals surface area contributed by atoms with E-state index in [2.05, 4.69) is 10.4 Å². The van der Waals surface area contributed by atoms with Crippen LogP contribution >= 0.6 is 0 Å². The summed E-state index contributed by atoms with van der Waals surface area (Å²) in [6, 6.07) is 7.07. The lowest BCUT2D eigenvalue weighted by Gasteiger charge is -2.15. The standard InChI is InChI=1S/C16H21N3O2/c1-5-11(4)17-15(20)14-12-8-6-7-9-13(12)16(21)19(18-14)10(2)3/h6-11H,5H2,1-4H3,(H,17,20). The van der Waals surface area contributed by atoms with Crippen LogP contribution in [-0.2, 0) is 0 Å². The summed E-state index contributed by atoms with van der Waals surface area (Å²) in [4.78, 5) is 24.8. The van der Waals surface area contributed by atoms with E-state index in [1.807, 2.05) is 33.8 Å². The van der Waals surface area contributed by atoms with Crippen molar-refractivity contribution in [1.29, 1.82) is 0 Å². The Kier molecular flexibility index (Phi) is 4.40. The van der Waals surface area contributed by atoms with Crippen LogP contribution in [0.2, 0.25) is 0 Å². The maximum atomic E-state index is 12.4. The van der Waals surface area contributed by atoms with Gasteiger partial charge in [-0.3, -0.25) is 9.59 Å². The van der Waals surface area contributed by atoms with Crippen molar-refractivity contribution in [3.8, 4) is 0 Å². The van der Waals surface area contributed by atoms with E-state index in [0.29, 0.717) is 16.5 Å². The Morgan fingerprint density at radius 1 is 1.24 bits per heavy atom. The number of nitrogens with zero attached hydrogens (tertiary/aromatic N) is 2. The van der Waals surface area contributed by atoms with Crippen molar-refractivity contribution < 1.29 is 4.79 Å². The maximum absolute atomic E-state index is 12.4. The Morgan fingerprint density at radius 3 is 2.43 bits per heavy atom. The zero-order valence-corrected chi connectivity index (χ0v) is 12.9. The van der Waals surface area contributed by atoms with Crippen LogP contribution in [0.3, 0.4) is 0 Å². The molecule has 0 fully saturated rings. The second kappa shape index (κ2) is 6.08. The fourth-order valence-corrected chi connectivity index (χ4v) is 2.12. The minimum Gasteiger partial charge on any atom is -0.348 e. The first-order chi connectivity index (χ1) is 9.95. The Morgan fingerprint density at radius 2 is 1.86 bits per heavy atom. The first-order valence-corrected chi connectivity index (χ1v) is 7.28. The summed E-state index contributed by atoms with van der Waals surface area (Å²) < 4.78 is 1.37. The number of hydrogen-bond donors (Lipinski definition) is 1. The fraction of sp³-hybridized carbons (Fsp3) is 0.438. The van der Waals surface area contributed by atoms with Crippen molar-refractivity contribution in [2.24, 2.45) is 0 Å². The van der Waals surface area contributed by atoms with Crippen LogP contribution in [0.5, 0.6) is 0 Å². The highest BCUT2D eigenvalue weighted by molar-refractivity contribution is 6.04. The van der Waals surface area contributed by atoms with Gasteiger partial charge in [-0.25, -0.2) is 4.68 Å². The molecule has 112 valence electrons. The van der Waals surface area contributed by atoms with Gasteiger partial charge in [-0.1, -0.05) is 25.1 Å². The summed E-state index contributed by atoms with van der Waals surface area (Å²) in [6.45, 7) is 7.70. The van der Waals surface area contributed by atoms with Gasteiger partial charge in [0.2, 0.25) is 0 Å². The van der Waals surface area contributed by atoms with Gasteiger partial charge in [0.05, 0.1) is 11.4 Å². The average Bonchev–Trinajstić information content (AvgIpc) is 2.47. The van der Waals surface area contributed by atoms with Gasteiger partial charge in [0.15, 0.2) is 5.69 Å². The number of carbonyl (C=O) groups excluding carboxylic acids is 1. The number of aromatic nitrogens is 2. The molecule has 0 radical (unpaired) electrons. The topological polar surface area (TPSA) is 64.0 Å². The van der Waals surface area contributed by atoms with Gasteiger partial charge in [0.1, 0.15) is 0 Å². The quantitative estimate of drug-likeness (QED) is 0.939. The SMILES string of the molecule is CCC(C)NC(=O)c1nn(C(C)C)c(=O)c2ccccc12. The summed E-state index contributed by atoms with van der Waals surface area (Å²) >= 11 is 0. The van der Waals surface area contributed by atoms with Crippen LogP contribution < -0.4 is 10.9 Å². The molecule has 0 saturated carbocycles. The molecular weight excluding hydrogens is 266 g/mol. The van der Waals surface area contributed by atoms with Gasteiger partial charge >= 0.3 is 0 Å². The largest absolute Gasteiger partial charge is 0.348 e. The number of fused-ring (bicyclic) bond motifs is 1. The summed E-state index contributed by atoms with van der Waals surface area (Å²) in [7, 11) is 0. The number of benzene rings is 1. The van der Waals surface area contributed by atoms with Crippen LogP contribution in [0.15, 0.2) is 29.1 Å². The smallest absolute Gasteiger partial charge is 0.274 e. The third kappa shape index (κ3) is 2.96. The molecule has 2 aromatic rings. The minimum absolute atomic E-state index is 0.0671. The van der Waals surface area contributed by atoms with Gasteiger partial charge in [0.25, 0.3) is 11.5 Å². The third-order valence-electron chi connectivity index (χ3n) is 3.52. The van der Waals surface area contributed by atoms with Crippen LogP contribution in [0.4, 0.5) is 0 Å². The second-order valence-electron chi connectivity index (χ2n) is 5.52. The van der Waals surface area contributed by atoms with E-state index in [1.54, 1.807) is 18.2 Å². The molecule has 1 heterocycles. The second-order valence-corrected chi connectivity index (χ2v) is 5.52. The number of carbonyl (C=O) groups is 1. The lowest BCUT2D eigenvalue weighted by molar-refractivity contribution is 0.0933. The third-order valence-corrected chi connectivity index (χ3v) is 3.52. The highest BCUT2D eigenvalue weighted by atomic mass is 16.2. The zero-order chi connectivity index (χ0) is 15.6. The van der Waals surface area contributed by atoms with Crippen LogP contribution in [-0.4, -0.2) is 21.7 Å². The molecule has 2 rings (SSSR count). The molecule has 5 nitrogen and oxygen atoms in total. The van der Waals surface area contributed by atoms with E-state index in [4.69, 9.17) is 0 Å². The van der Waals surface area contributed by atoms with E-state index in [9.17, 15) is 9.59 Å². The summed E-state index contributed by atoms with van der Waals surface area (Å²) in [6.07, 6.45) is 0.841. The number of hydrogen-bond acceptors (Lipinski definition) is 3. The fourth-order valence-electron chi connectivity index (χ4n) is 2.12. The molecular formula is C16H21N3O2. The van der Waals surface area contributed by atoms with E-state index in [1.165, 1.54) is 4.68 Å². The molecule has 1 aromatic carbocycles. The Hall–Kier alpha value is -2.17. The Bertz CT molecular complexity index is 719. The van der Waals surface area contributed by atoms with Gasteiger partial charge in [-0.2, -0.15) is 5.10 Å². The van der Waals surface area contributed by atoms with Crippen LogP contribution in [0.1, 0.15) is 50.6 Å². The molecule has 1 amide bonds. The predicted molar refractivity (Wildman–Crippen MR) is 83.6 cm³/mol. The van der Waals surface area contributed by atoms with Crippen molar-refractivity contribution in [1.82, 2.24) is 15.1 Å². The van der Waals surface area contributed by atoms with Crippen LogP contribution in [0.25, 0.3) is 10.8 Å². The molecule has 0 spiro atoms. The first-order valence-electron chi connectivity index (χ1n) is 7.28. The molecule has 0 aliphatic carbocycles. The lowest BCUT2D eigenvalue weighted by Crippen LogP contribution is -2.35. The zero-order valence-electron chi connectivity index (χ0n) is 12.9. The molecule has 0 aliphatic heterocycles. The van der Waals surface area contributed by atoms with Crippen molar-refractivity contribution in [3.05, 3.63) is 40.3 Å². The molecule has 0 bridgehead atoms. The number of amides is 1. The molecule has 5 heteroatoms. The van der Waals surface area contributed by atoms with Crippen molar-refractivity contribution >= 4 is 16.7 Å². The van der Waals surface area contributed by atoms with Gasteiger partial charge in [0, 0.05) is 11.4 Å². The van der Waals surface area contributed by atoms with Crippen molar-refractivity contribution in [2.75, 3.05) is 0 Å². The van der Waals surface area contributed by atoms with Crippen molar-refractivity contribution in [3.63, 3.8) is 0 Å². The average molecular weight is 287 g/mol. The molecule has 0 saturated heterocycles. The van der Waals surface area contributed by atoms with E-state index < -0.39 is 0 Å². The summed E-state index contributed by atoms with van der Waals surface area (Å²) in [5.41, 5.74) is 0.139. The lowest BCUT2D eigenvalue weighted by atomic mass is 10.1.